The van der Waals surface area contributed by atoms with Gasteiger partial charge in [-0.1, -0.05) is 233 Å². The maximum atomic E-state index is 2.50. The molecule has 0 saturated heterocycles. The van der Waals surface area contributed by atoms with Crippen LogP contribution < -0.4 is 9.80 Å². The van der Waals surface area contributed by atoms with Gasteiger partial charge in [0, 0.05) is 22.7 Å². The van der Waals surface area contributed by atoms with Gasteiger partial charge in [0.2, 0.25) is 0 Å². The third-order valence-corrected chi connectivity index (χ3v) is 17.5. The van der Waals surface area contributed by atoms with Crippen molar-refractivity contribution in [1.82, 2.24) is 0 Å². The summed E-state index contributed by atoms with van der Waals surface area (Å²) in [5.74, 6) is 0. The SMILES string of the molecule is CCCCCCc1ccc(C2(c3ccc(N(c4ccc(-c5ccc(N(c6ccc(C(C)(C)C)cc6)c6c(C)cc(C(C)(C)C)cc6C)cc5)cc4)c4c(C)cc(C(C)(C)C)cc4C)cc3)c3cc(C)ccc3-c3ccc(C)cc32)cc1. The molecule has 0 saturated carbocycles. The van der Waals surface area contributed by atoms with Gasteiger partial charge in [-0.05, 0) is 208 Å². The molecule has 9 aromatic rings. The zero-order valence-corrected chi connectivity index (χ0v) is 51.8. The molecule has 0 heterocycles. The number of fused-ring (bicyclic) bond motifs is 3. The molecular formula is C79H88N2. The largest absolute Gasteiger partial charge is 0.310 e. The van der Waals surface area contributed by atoms with Crippen LogP contribution in [0.2, 0.25) is 0 Å². The van der Waals surface area contributed by atoms with Crippen LogP contribution in [0.3, 0.4) is 0 Å². The minimum Gasteiger partial charge on any atom is -0.310 e. The smallest absolute Gasteiger partial charge is 0.0713 e. The highest BCUT2D eigenvalue weighted by Crippen LogP contribution is 2.57. The Labute approximate surface area is 488 Å². The molecule has 0 radical (unpaired) electrons. The van der Waals surface area contributed by atoms with Crippen molar-refractivity contribution in [1.29, 1.82) is 0 Å². The summed E-state index contributed by atoms with van der Waals surface area (Å²) < 4.78 is 0. The molecular weight excluding hydrogens is 977 g/mol. The third kappa shape index (κ3) is 11.1. The van der Waals surface area contributed by atoms with E-state index in [0.29, 0.717) is 0 Å². The summed E-state index contributed by atoms with van der Waals surface area (Å²) in [7, 11) is 0. The van der Waals surface area contributed by atoms with E-state index in [0.717, 1.165) is 29.2 Å². The summed E-state index contributed by atoms with van der Waals surface area (Å²) in [6.45, 7) is 36.6. The lowest BCUT2D eigenvalue weighted by Gasteiger charge is -2.35. The molecule has 0 unspecified atom stereocenters. The van der Waals surface area contributed by atoms with E-state index in [4.69, 9.17) is 0 Å². The number of unbranched alkanes of at least 4 members (excludes halogenated alkanes) is 3. The first kappa shape index (κ1) is 56.8. The van der Waals surface area contributed by atoms with Crippen molar-refractivity contribution in [3.63, 3.8) is 0 Å². The Bertz CT molecular complexity index is 3600. The van der Waals surface area contributed by atoms with Crippen LogP contribution in [0.25, 0.3) is 22.3 Å². The molecule has 0 amide bonds. The molecule has 0 atom stereocenters. The predicted molar refractivity (Wildman–Crippen MR) is 351 cm³/mol. The second kappa shape index (κ2) is 22.1. The zero-order chi connectivity index (χ0) is 57.8. The first-order valence-corrected chi connectivity index (χ1v) is 30.0. The van der Waals surface area contributed by atoms with Crippen molar-refractivity contribution >= 4 is 34.1 Å². The number of nitrogens with zero attached hydrogens (tertiary/aromatic N) is 2. The summed E-state index contributed by atoms with van der Waals surface area (Å²) in [4.78, 5) is 4.95. The Kier molecular flexibility index (Phi) is 15.5. The standard InChI is InChI=1S/C79H88N2/c1-17-18-19-20-21-58-24-30-62(31-25-58)79(72-46-52(2)22-44-70(72)71-45-23-53(3)47-73(71)79)63-34-42-69(43-35-63)81(75-56(6)50-65(51-57(75)7)78(14,15)16)67-38-28-60(29-39-67)59-26-36-66(37-27-59)80(68-40-32-61(33-41-68)76(8,9)10)74-54(4)48-64(49-55(74)5)77(11,12)13/h22-51H,17-21H2,1-16H3. The molecule has 81 heavy (non-hydrogen) atoms. The first-order valence-electron chi connectivity index (χ1n) is 30.0. The van der Waals surface area contributed by atoms with Crippen molar-refractivity contribution in [2.45, 2.75) is 165 Å². The molecule has 10 rings (SSSR count). The zero-order valence-electron chi connectivity index (χ0n) is 51.8. The topological polar surface area (TPSA) is 6.48 Å². The van der Waals surface area contributed by atoms with Gasteiger partial charge in [0.15, 0.2) is 0 Å². The van der Waals surface area contributed by atoms with Crippen molar-refractivity contribution < 1.29 is 0 Å². The monoisotopic (exact) mass is 1060 g/mol. The van der Waals surface area contributed by atoms with Gasteiger partial charge in [-0.25, -0.2) is 0 Å². The van der Waals surface area contributed by atoms with Crippen molar-refractivity contribution in [3.05, 3.63) is 260 Å². The highest BCUT2D eigenvalue weighted by atomic mass is 15.2. The lowest BCUT2D eigenvalue weighted by atomic mass is 9.67. The highest BCUT2D eigenvalue weighted by molar-refractivity contribution is 5.88. The highest BCUT2D eigenvalue weighted by Gasteiger charge is 2.46. The summed E-state index contributed by atoms with van der Waals surface area (Å²) in [5.41, 5.74) is 30.0. The fourth-order valence-electron chi connectivity index (χ4n) is 12.9. The van der Waals surface area contributed by atoms with Crippen molar-refractivity contribution in [2.24, 2.45) is 0 Å². The van der Waals surface area contributed by atoms with Crippen LogP contribution in [0, 0.1) is 41.5 Å². The number of aryl methyl sites for hydroxylation is 7. The second-order valence-electron chi connectivity index (χ2n) is 26.9. The van der Waals surface area contributed by atoms with E-state index in [9.17, 15) is 0 Å². The lowest BCUT2D eigenvalue weighted by Crippen LogP contribution is -2.29. The normalized spacial score (nSPS) is 13.0. The molecule has 0 bridgehead atoms. The van der Waals surface area contributed by atoms with Crippen LogP contribution in [0.1, 0.15) is 173 Å². The first-order chi connectivity index (χ1) is 38.5. The Balaban J connectivity index is 1.06. The van der Waals surface area contributed by atoms with Crippen LogP contribution >= 0.6 is 0 Å². The van der Waals surface area contributed by atoms with E-state index in [2.05, 4.69) is 303 Å². The third-order valence-electron chi connectivity index (χ3n) is 17.5. The summed E-state index contributed by atoms with van der Waals surface area (Å²) >= 11 is 0. The maximum Gasteiger partial charge on any atom is 0.0713 e. The van der Waals surface area contributed by atoms with E-state index in [-0.39, 0.29) is 16.2 Å². The van der Waals surface area contributed by atoms with E-state index in [1.54, 1.807) is 0 Å². The summed E-state index contributed by atoms with van der Waals surface area (Å²) in [6, 6.07) is 70.7. The van der Waals surface area contributed by atoms with E-state index < -0.39 is 5.41 Å². The van der Waals surface area contributed by atoms with Crippen LogP contribution in [-0.2, 0) is 28.1 Å². The fourth-order valence-corrected chi connectivity index (χ4v) is 12.9. The lowest BCUT2D eigenvalue weighted by molar-refractivity contribution is 0.589. The van der Waals surface area contributed by atoms with E-state index >= 15 is 0 Å². The van der Waals surface area contributed by atoms with Crippen LogP contribution in [0.5, 0.6) is 0 Å². The molecule has 0 aliphatic heterocycles. The van der Waals surface area contributed by atoms with Crippen LogP contribution in [0.4, 0.5) is 34.1 Å². The minimum atomic E-state index is -0.493. The maximum absolute atomic E-state index is 2.50. The number of hydrogen-bond acceptors (Lipinski definition) is 2. The molecule has 0 N–H and O–H groups in total. The van der Waals surface area contributed by atoms with Gasteiger partial charge in [0.05, 0.1) is 16.8 Å². The molecule has 0 aromatic heterocycles. The summed E-state index contributed by atoms with van der Waals surface area (Å²) in [5, 5.41) is 0. The molecule has 414 valence electrons. The molecule has 0 spiro atoms. The molecule has 9 aromatic carbocycles. The van der Waals surface area contributed by atoms with Gasteiger partial charge in [-0.2, -0.15) is 0 Å². The Morgan fingerprint density at radius 2 is 0.691 bits per heavy atom. The number of hydrogen-bond donors (Lipinski definition) is 0. The minimum absolute atomic E-state index is 0.0202. The van der Waals surface area contributed by atoms with Gasteiger partial charge in [-0.3, -0.25) is 0 Å². The molecule has 1 aliphatic rings. The second-order valence-corrected chi connectivity index (χ2v) is 26.9. The molecule has 0 fully saturated rings. The molecule has 2 heteroatoms. The quantitative estimate of drug-likeness (QED) is 0.100. The number of benzene rings is 9. The van der Waals surface area contributed by atoms with Crippen molar-refractivity contribution in [2.75, 3.05) is 9.80 Å². The van der Waals surface area contributed by atoms with Gasteiger partial charge < -0.3 is 9.80 Å². The van der Waals surface area contributed by atoms with Gasteiger partial charge in [0.1, 0.15) is 0 Å². The van der Waals surface area contributed by atoms with E-state index in [1.165, 1.54) is 137 Å². The predicted octanol–water partition coefficient (Wildman–Crippen LogP) is 22.5. The number of anilines is 6. The Hall–Kier alpha value is -7.42. The number of rotatable bonds is 14. The van der Waals surface area contributed by atoms with Crippen LogP contribution in [0.15, 0.2) is 182 Å². The van der Waals surface area contributed by atoms with Gasteiger partial charge in [0.25, 0.3) is 0 Å². The van der Waals surface area contributed by atoms with Gasteiger partial charge >= 0.3 is 0 Å². The summed E-state index contributed by atoms with van der Waals surface area (Å²) in [6.07, 6.45) is 6.18. The van der Waals surface area contributed by atoms with Crippen molar-refractivity contribution in [3.8, 4) is 22.3 Å². The Morgan fingerprint density at radius 3 is 1.05 bits per heavy atom. The van der Waals surface area contributed by atoms with Crippen LogP contribution in [-0.4, -0.2) is 0 Å². The Morgan fingerprint density at radius 1 is 0.346 bits per heavy atom. The molecule has 2 nitrogen and oxygen atoms in total. The van der Waals surface area contributed by atoms with Gasteiger partial charge in [-0.15, -0.1) is 0 Å². The van der Waals surface area contributed by atoms with E-state index in [1.807, 2.05) is 0 Å². The average molecular weight is 1070 g/mol. The molecule has 1 aliphatic carbocycles. The fraction of sp³-hybridized carbons (Fsp3) is 0.316. The average Bonchev–Trinajstić information content (AvgIpc) is 3.77.